The largest absolute Gasteiger partial charge is 0.367 e. The Labute approximate surface area is 118 Å². The summed E-state index contributed by atoms with van der Waals surface area (Å²) in [5.41, 5.74) is 1.35. The minimum Gasteiger partial charge on any atom is -0.367 e. The van der Waals surface area contributed by atoms with E-state index in [1.165, 1.54) is 6.92 Å². The molecule has 1 aromatic rings. The van der Waals surface area contributed by atoms with Gasteiger partial charge in [-0.15, -0.1) is 0 Å². The summed E-state index contributed by atoms with van der Waals surface area (Å²) in [5, 5.41) is 0.408. The number of anilines is 1. The summed E-state index contributed by atoms with van der Waals surface area (Å²) in [6, 6.07) is 5.15. The molecule has 1 atom stereocenters. The summed E-state index contributed by atoms with van der Waals surface area (Å²) in [6.07, 6.45) is 0. The van der Waals surface area contributed by atoms with Crippen LogP contribution in [-0.2, 0) is 9.84 Å². The van der Waals surface area contributed by atoms with Crippen molar-refractivity contribution < 1.29 is 13.2 Å². The van der Waals surface area contributed by atoms with Crippen LogP contribution in [0.4, 0.5) is 5.69 Å². The van der Waals surface area contributed by atoms with Crippen molar-refractivity contribution in [2.75, 3.05) is 23.0 Å². The van der Waals surface area contributed by atoms with Gasteiger partial charge in [0.25, 0.3) is 0 Å². The molecule has 1 aromatic carbocycles. The minimum absolute atomic E-state index is 0.0779. The maximum absolute atomic E-state index is 11.6. The van der Waals surface area contributed by atoms with E-state index in [1.807, 2.05) is 17.9 Å². The molecule has 19 heavy (non-hydrogen) atoms. The monoisotopic (exact) mass is 301 g/mol. The van der Waals surface area contributed by atoms with E-state index in [2.05, 4.69) is 0 Å². The lowest BCUT2D eigenvalue weighted by Gasteiger charge is -2.35. The van der Waals surface area contributed by atoms with Gasteiger partial charge < -0.3 is 4.90 Å². The van der Waals surface area contributed by atoms with Crippen molar-refractivity contribution in [3.63, 3.8) is 0 Å². The lowest BCUT2D eigenvalue weighted by Crippen LogP contribution is -2.47. The van der Waals surface area contributed by atoms with E-state index in [4.69, 9.17) is 11.6 Å². The van der Waals surface area contributed by atoms with E-state index >= 15 is 0 Å². The molecule has 0 saturated carbocycles. The van der Waals surface area contributed by atoms with E-state index in [0.29, 0.717) is 17.1 Å². The standard InChI is InChI=1S/C13H16ClNO3S/c1-9-8-19(17,18)6-5-15(9)11-3-4-12(10(2)16)13(14)7-11/h3-4,7,9H,5-6,8H2,1-2H3. The van der Waals surface area contributed by atoms with Gasteiger partial charge in [0.15, 0.2) is 15.6 Å². The molecule has 0 N–H and O–H groups in total. The summed E-state index contributed by atoms with van der Waals surface area (Å²) in [5.74, 6) is 0.230. The van der Waals surface area contributed by atoms with Gasteiger partial charge in [-0.3, -0.25) is 4.79 Å². The van der Waals surface area contributed by atoms with Gasteiger partial charge in [-0.05, 0) is 32.0 Å². The van der Waals surface area contributed by atoms with Gasteiger partial charge in [0.05, 0.1) is 16.5 Å². The predicted molar refractivity (Wildman–Crippen MR) is 76.9 cm³/mol. The maximum Gasteiger partial charge on any atom is 0.161 e. The summed E-state index contributed by atoms with van der Waals surface area (Å²) in [7, 11) is -2.93. The van der Waals surface area contributed by atoms with E-state index in [-0.39, 0.29) is 23.3 Å². The molecular formula is C13H16ClNO3S. The fourth-order valence-electron chi connectivity index (χ4n) is 2.35. The number of ketones is 1. The zero-order valence-electron chi connectivity index (χ0n) is 10.9. The molecular weight excluding hydrogens is 286 g/mol. The van der Waals surface area contributed by atoms with Crippen LogP contribution in [0.1, 0.15) is 24.2 Å². The van der Waals surface area contributed by atoms with Gasteiger partial charge in [0.2, 0.25) is 0 Å². The van der Waals surface area contributed by atoms with Crippen molar-refractivity contribution >= 4 is 32.9 Å². The topological polar surface area (TPSA) is 54.5 Å². The molecule has 1 aliphatic rings. The Bertz CT molecular complexity index is 612. The summed E-state index contributed by atoms with van der Waals surface area (Å²) in [6.45, 7) is 3.81. The molecule has 0 radical (unpaired) electrons. The van der Waals surface area contributed by atoms with E-state index in [0.717, 1.165) is 5.69 Å². The van der Waals surface area contributed by atoms with Gasteiger partial charge in [0.1, 0.15) is 0 Å². The third-order valence-electron chi connectivity index (χ3n) is 3.33. The van der Waals surface area contributed by atoms with Crippen LogP contribution in [-0.4, -0.2) is 38.3 Å². The molecule has 1 heterocycles. The van der Waals surface area contributed by atoms with Crippen LogP contribution in [0.15, 0.2) is 18.2 Å². The number of sulfone groups is 1. The first-order chi connectivity index (χ1) is 8.80. The lowest BCUT2D eigenvalue weighted by molar-refractivity contribution is 0.101. The number of Topliss-reactive ketones (excluding diaryl/α,β-unsaturated/α-hetero) is 1. The van der Waals surface area contributed by atoms with Gasteiger partial charge >= 0.3 is 0 Å². The molecule has 1 fully saturated rings. The second-order valence-electron chi connectivity index (χ2n) is 4.88. The molecule has 6 heteroatoms. The molecule has 0 amide bonds. The highest BCUT2D eigenvalue weighted by Crippen LogP contribution is 2.27. The number of carbonyl (C=O) groups excluding carboxylic acids is 1. The number of hydrogen-bond donors (Lipinski definition) is 0. The molecule has 0 aromatic heterocycles. The quantitative estimate of drug-likeness (QED) is 0.786. The Hall–Kier alpha value is -1.07. The molecule has 1 saturated heterocycles. The number of carbonyl (C=O) groups is 1. The second-order valence-corrected chi connectivity index (χ2v) is 7.51. The Morgan fingerprint density at radius 1 is 1.42 bits per heavy atom. The van der Waals surface area contributed by atoms with E-state index in [1.54, 1.807) is 12.1 Å². The molecule has 0 bridgehead atoms. The van der Waals surface area contributed by atoms with Crippen molar-refractivity contribution in [3.05, 3.63) is 28.8 Å². The fraction of sp³-hybridized carbons (Fsp3) is 0.462. The summed E-state index contributed by atoms with van der Waals surface area (Å²) < 4.78 is 23.1. The fourth-order valence-corrected chi connectivity index (χ4v) is 4.21. The maximum atomic E-state index is 11.6. The van der Waals surface area contributed by atoms with Crippen LogP contribution in [0.3, 0.4) is 0 Å². The van der Waals surface area contributed by atoms with Gasteiger partial charge in [-0.1, -0.05) is 11.6 Å². The van der Waals surface area contributed by atoms with Gasteiger partial charge in [-0.2, -0.15) is 0 Å². The molecule has 1 aliphatic heterocycles. The van der Waals surface area contributed by atoms with Crippen LogP contribution in [0, 0.1) is 0 Å². The molecule has 1 unspecified atom stereocenters. The minimum atomic E-state index is -2.93. The third-order valence-corrected chi connectivity index (χ3v) is 5.44. The van der Waals surface area contributed by atoms with Crippen LogP contribution in [0.25, 0.3) is 0 Å². The number of hydrogen-bond acceptors (Lipinski definition) is 4. The van der Waals surface area contributed by atoms with Crippen molar-refractivity contribution in [1.29, 1.82) is 0 Å². The molecule has 0 spiro atoms. The number of halogens is 1. The number of benzene rings is 1. The average molecular weight is 302 g/mol. The summed E-state index contributed by atoms with van der Waals surface area (Å²) >= 11 is 6.08. The second kappa shape index (κ2) is 5.13. The van der Waals surface area contributed by atoms with Crippen LogP contribution < -0.4 is 4.90 Å². The smallest absolute Gasteiger partial charge is 0.161 e. The zero-order chi connectivity index (χ0) is 14.2. The highest BCUT2D eigenvalue weighted by Gasteiger charge is 2.28. The Balaban J connectivity index is 2.28. The van der Waals surface area contributed by atoms with Crippen molar-refractivity contribution in [2.24, 2.45) is 0 Å². The lowest BCUT2D eigenvalue weighted by atomic mass is 10.1. The van der Waals surface area contributed by atoms with E-state index < -0.39 is 9.84 Å². The van der Waals surface area contributed by atoms with Crippen LogP contribution in [0.2, 0.25) is 5.02 Å². The van der Waals surface area contributed by atoms with Crippen molar-refractivity contribution in [1.82, 2.24) is 0 Å². The number of rotatable bonds is 2. The van der Waals surface area contributed by atoms with E-state index in [9.17, 15) is 13.2 Å². The molecule has 104 valence electrons. The highest BCUT2D eigenvalue weighted by molar-refractivity contribution is 7.91. The first kappa shape index (κ1) is 14.3. The Morgan fingerprint density at radius 3 is 2.63 bits per heavy atom. The predicted octanol–water partition coefficient (Wildman–Crippen LogP) is 2.17. The third kappa shape index (κ3) is 3.09. The normalized spacial score (nSPS) is 22.3. The molecule has 2 rings (SSSR count). The van der Waals surface area contributed by atoms with Crippen molar-refractivity contribution in [2.45, 2.75) is 19.9 Å². The number of nitrogens with zero attached hydrogens (tertiary/aromatic N) is 1. The molecule has 0 aliphatic carbocycles. The van der Waals surface area contributed by atoms with Gasteiger partial charge in [0, 0.05) is 23.8 Å². The van der Waals surface area contributed by atoms with Crippen LogP contribution in [0.5, 0.6) is 0 Å². The zero-order valence-corrected chi connectivity index (χ0v) is 12.5. The highest BCUT2D eigenvalue weighted by atomic mass is 35.5. The van der Waals surface area contributed by atoms with Crippen molar-refractivity contribution in [3.8, 4) is 0 Å². The SMILES string of the molecule is CC(=O)c1ccc(N2CCS(=O)(=O)CC2C)cc1Cl. The average Bonchev–Trinajstić information content (AvgIpc) is 2.26. The Kier molecular flexibility index (Phi) is 3.87. The van der Waals surface area contributed by atoms with Crippen LogP contribution >= 0.6 is 11.6 Å². The Morgan fingerprint density at radius 2 is 2.11 bits per heavy atom. The van der Waals surface area contributed by atoms with Gasteiger partial charge in [-0.25, -0.2) is 8.42 Å². The first-order valence-corrected chi connectivity index (χ1v) is 8.27. The summed E-state index contributed by atoms with van der Waals surface area (Å²) in [4.78, 5) is 13.3. The first-order valence-electron chi connectivity index (χ1n) is 6.08. The molecule has 4 nitrogen and oxygen atoms in total.